The molecule has 180 valence electrons. The van der Waals surface area contributed by atoms with E-state index >= 15 is 4.39 Å². The van der Waals surface area contributed by atoms with Gasteiger partial charge in [-0.15, -0.1) is 0 Å². The molecule has 0 spiro atoms. The number of aromatic nitrogens is 1. The number of pyridine rings is 1. The molecule has 1 saturated carbocycles. The molecular weight excluding hydrogens is 445 g/mol. The van der Waals surface area contributed by atoms with Crippen molar-refractivity contribution in [2.75, 3.05) is 11.1 Å². The molecule has 3 atom stereocenters. The van der Waals surface area contributed by atoms with Gasteiger partial charge in [-0.3, -0.25) is 4.99 Å². The van der Waals surface area contributed by atoms with E-state index in [1.54, 1.807) is 17.8 Å². The molecular formula is C27H34FN5S. The Kier molecular flexibility index (Phi) is 7.47. The average molecular weight is 480 g/mol. The average Bonchev–Trinajstić information content (AvgIpc) is 3.19. The molecule has 1 aliphatic heterocycles. The molecule has 2 aliphatic rings. The fourth-order valence-corrected chi connectivity index (χ4v) is 6.41. The summed E-state index contributed by atoms with van der Waals surface area (Å²) in [5.41, 5.74) is 11.6. The number of fused-ring (bicyclic) bond motifs is 1. The number of nitrogen functional groups attached to an aromatic ring is 1. The van der Waals surface area contributed by atoms with Gasteiger partial charge in [0.15, 0.2) is 0 Å². The van der Waals surface area contributed by atoms with Gasteiger partial charge in [-0.1, -0.05) is 32.5 Å². The number of nitrogens with two attached hydrogens (primary N) is 1. The van der Waals surface area contributed by atoms with Crippen LogP contribution in [0.2, 0.25) is 0 Å². The van der Waals surface area contributed by atoms with E-state index in [-0.39, 0.29) is 23.7 Å². The highest BCUT2D eigenvalue weighted by Gasteiger charge is 2.29. The second-order valence-corrected chi connectivity index (χ2v) is 10.5. The molecule has 7 heteroatoms. The van der Waals surface area contributed by atoms with Crippen molar-refractivity contribution in [3.8, 4) is 6.07 Å². The third kappa shape index (κ3) is 4.93. The van der Waals surface area contributed by atoms with Crippen molar-refractivity contribution in [1.29, 1.82) is 5.26 Å². The van der Waals surface area contributed by atoms with E-state index in [4.69, 9.17) is 15.7 Å². The van der Waals surface area contributed by atoms with Crippen molar-refractivity contribution < 1.29 is 4.39 Å². The standard InChI is InChI=1S/C27H34FN5S/c1-5-18-12-22(28)21-10-7-15(3)27(32-19-9-8-17(11-19)14-29)34-26(21)25(18)33-24-13-23(30)20(6-2)16(4)31-24/h12-13,15,17,19H,5-11H2,1-4H3,(H3,30,31,33). The van der Waals surface area contributed by atoms with E-state index in [1.807, 2.05) is 19.9 Å². The van der Waals surface area contributed by atoms with Gasteiger partial charge in [0.2, 0.25) is 0 Å². The summed E-state index contributed by atoms with van der Waals surface area (Å²) in [5, 5.41) is 13.8. The lowest BCUT2D eigenvalue weighted by Gasteiger charge is -2.20. The number of rotatable bonds is 5. The number of hydrogen-bond donors (Lipinski definition) is 2. The van der Waals surface area contributed by atoms with Gasteiger partial charge in [0.05, 0.1) is 22.8 Å². The zero-order valence-corrected chi connectivity index (χ0v) is 21.4. The van der Waals surface area contributed by atoms with Crippen LogP contribution in [0.1, 0.15) is 68.8 Å². The fraction of sp³-hybridized carbons (Fsp3) is 0.519. The molecule has 0 bridgehead atoms. The number of hydrogen-bond acceptors (Lipinski definition) is 6. The quantitative estimate of drug-likeness (QED) is 0.495. The van der Waals surface area contributed by atoms with E-state index in [2.05, 4.69) is 25.2 Å². The Bertz CT molecular complexity index is 1130. The van der Waals surface area contributed by atoms with Crippen LogP contribution in [0.25, 0.3) is 0 Å². The first kappa shape index (κ1) is 24.5. The van der Waals surface area contributed by atoms with Crippen LogP contribution < -0.4 is 11.1 Å². The first-order valence-electron chi connectivity index (χ1n) is 12.4. The molecule has 3 unspecified atom stereocenters. The molecule has 2 aromatic rings. The van der Waals surface area contributed by atoms with Crippen LogP contribution in [0, 0.1) is 35.9 Å². The normalized spacial score (nSPS) is 23.4. The molecule has 1 aromatic carbocycles. The first-order chi connectivity index (χ1) is 16.3. The number of nitriles is 1. The van der Waals surface area contributed by atoms with Crippen molar-refractivity contribution in [1.82, 2.24) is 4.98 Å². The minimum Gasteiger partial charge on any atom is -0.398 e. The largest absolute Gasteiger partial charge is 0.398 e. The number of halogens is 1. The van der Waals surface area contributed by atoms with Crippen molar-refractivity contribution >= 4 is 34.0 Å². The lowest BCUT2D eigenvalue weighted by molar-refractivity contribution is 0.585. The Labute approximate surface area is 206 Å². The highest BCUT2D eigenvalue weighted by molar-refractivity contribution is 8.14. The Morgan fingerprint density at radius 3 is 2.71 bits per heavy atom. The number of anilines is 3. The van der Waals surface area contributed by atoms with E-state index in [1.165, 1.54) is 0 Å². The number of nitrogens with zero attached hydrogens (tertiary/aromatic N) is 3. The van der Waals surface area contributed by atoms with Crippen molar-refractivity contribution in [3.05, 3.63) is 40.3 Å². The molecule has 3 N–H and O–H groups in total. The SMILES string of the molecule is CCc1cc(F)c2c(c1Nc1cc(N)c(CC)c(C)n1)SC(=NC1CCC(C#N)C1)C(C)CC2. The van der Waals surface area contributed by atoms with E-state index in [0.29, 0.717) is 18.7 Å². The maximum Gasteiger partial charge on any atom is 0.132 e. The summed E-state index contributed by atoms with van der Waals surface area (Å²) in [7, 11) is 0. The number of aliphatic imine (C=N–C) groups is 1. The van der Waals surface area contributed by atoms with Crippen molar-refractivity contribution in [3.63, 3.8) is 0 Å². The van der Waals surface area contributed by atoms with E-state index in [0.717, 1.165) is 75.8 Å². The minimum absolute atomic E-state index is 0.0972. The van der Waals surface area contributed by atoms with Gasteiger partial charge in [0.1, 0.15) is 11.6 Å². The highest BCUT2D eigenvalue weighted by atomic mass is 32.2. The molecule has 1 aromatic heterocycles. The zero-order chi connectivity index (χ0) is 24.4. The number of aryl methyl sites for hydroxylation is 2. The molecule has 1 fully saturated rings. The van der Waals surface area contributed by atoms with Crippen LogP contribution in [0.15, 0.2) is 22.0 Å². The summed E-state index contributed by atoms with van der Waals surface area (Å²) in [6.07, 6.45) is 5.73. The van der Waals surface area contributed by atoms with E-state index < -0.39 is 0 Å². The Morgan fingerprint density at radius 2 is 2.06 bits per heavy atom. The van der Waals surface area contributed by atoms with Crippen molar-refractivity contribution in [2.45, 2.75) is 83.6 Å². The number of nitrogens with one attached hydrogen (secondary N) is 1. The minimum atomic E-state index is -0.145. The lowest BCUT2D eigenvalue weighted by atomic mass is 9.98. The summed E-state index contributed by atoms with van der Waals surface area (Å²) in [6, 6.07) is 6.11. The van der Waals surface area contributed by atoms with Crippen LogP contribution in [0.3, 0.4) is 0 Å². The van der Waals surface area contributed by atoms with Gasteiger partial charge >= 0.3 is 0 Å². The predicted octanol–water partition coefficient (Wildman–Crippen LogP) is 6.74. The topological polar surface area (TPSA) is 87.1 Å². The highest BCUT2D eigenvalue weighted by Crippen LogP contribution is 2.44. The molecule has 1 aliphatic carbocycles. The molecule has 0 radical (unpaired) electrons. The third-order valence-electron chi connectivity index (χ3n) is 7.12. The molecule has 0 amide bonds. The van der Waals surface area contributed by atoms with Crippen LogP contribution in [-0.4, -0.2) is 16.1 Å². The van der Waals surface area contributed by atoms with Crippen LogP contribution >= 0.6 is 11.8 Å². The molecule has 34 heavy (non-hydrogen) atoms. The monoisotopic (exact) mass is 479 g/mol. The summed E-state index contributed by atoms with van der Waals surface area (Å²) < 4.78 is 15.2. The third-order valence-corrected chi connectivity index (χ3v) is 8.49. The van der Waals surface area contributed by atoms with E-state index in [9.17, 15) is 5.26 Å². The van der Waals surface area contributed by atoms with Crippen LogP contribution in [0.5, 0.6) is 0 Å². The number of benzene rings is 1. The van der Waals surface area contributed by atoms with Gasteiger partial charge in [-0.2, -0.15) is 5.26 Å². The Hall–Kier alpha value is -2.59. The number of thioether (sulfide) groups is 1. The smallest absolute Gasteiger partial charge is 0.132 e. The van der Waals surface area contributed by atoms with Gasteiger partial charge in [-0.25, -0.2) is 9.37 Å². The molecule has 2 heterocycles. The second kappa shape index (κ2) is 10.4. The summed E-state index contributed by atoms with van der Waals surface area (Å²) in [6.45, 7) is 8.27. The maximum absolute atomic E-state index is 15.2. The van der Waals surface area contributed by atoms with Gasteiger partial charge in [-0.05, 0) is 69.1 Å². The maximum atomic E-state index is 15.2. The zero-order valence-electron chi connectivity index (χ0n) is 20.5. The van der Waals surface area contributed by atoms with Gasteiger partial charge in [0.25, 0.3) is 0 Å². The fourth-order valence-electron chi connectivity index (χ4n) is 5.07. The Balaban J connectivity index is 1.76. The first-order valence-corrected chi connectivity index (χ1v) is 13.2. The molecule has 0 saturated heterocycles. The summed E-state index contributed by atoms with van der Waals surface area (Å²) in [5.74, 6) is 0.879. The predicted molar refractivity (Wildman–Crippen MR) is 139 cm³/mol. The summed E-state index contributed by atoms with van der Waals surface area (Å²) >= 11 is 1.59. The van der Waals surface area contributed by atoms with Gasteiger partial charge in [0, 0.05) is 39.7 Å². The molecule has 4 rings (SSSR count). The van der Waals surface area contributed by atoms with Crippen LogP contribution in [0.4, 0.5) is 21.6 Å². The van der Waals surface area contributed by atoms with Crippen molar-refractivity contribution in [2.24, 2.45) is 16.8 Å². The molecule has 5 nitrogen and oxygen atoms in total. The van der Waals surface area contributed by atoms with Crippen LogP contribution in [-0.2, 0) is 19.3 Å². The lowest BCUT2D eigenvalue weighted by Crippen LogP contribution is -2.11. The van der Waals surface area contributed by atoms with Gasteiger partial charge < -0.3 is 11.1 Å². The Morgan fingerprint density at radius 1 is 1.26 bits per heavy atom. The summed E-state index contributed by atoms with van der Waals surface area (Å²) in [4.78, 5) is 10.8. The second-order valence-electron chi connectivity index (χ2n) is 9.50.